The van der Waals surface area contributed by atoms with E-state index in [1.807, 2.05) is 18.5 Å². The number of morpholine rings is 1. The van der Waals surface area contributed by atoms with Gasteiger partial charge >= 0.3 is 0 Å². The normalized spacial score (nSPS) is 17.6. The van der Waals surface area contributed by atoms with Crippen LogP contribution in [0.1, 0.15) is 11.1 Å². The van der Waals surface area contributed by atoms with Crippen LogP contribution in [0.25, 0.3) is 0 Å². The fraction of sp³-hybridized carbons (Fsp3) is 0.438. The maximum absolute atomic E-state index is 5.40. The first-order chi connectivity index (χ1) is 10.9. The van der Waals surface area contributed by atoms with Crippen molar-refractivity contribution in [2.24, 2.45) is 0 Å². The van der Waals surface area contributed by atoms with Crippen LogP contribution in [0.3, 0.4) is 0 Å². The zero-order valence-electron chi connectivity index (χ0n) is 12.5. The second-order valence-corrected chi connectivity index (χ2v) is 5.65. The Morgan fingerprint density at radius 3 is 2.86 bits per heavy atom. The van der Waals surface area contributed by atoms with E-state index in [0.29, 0.717) is 0 Å². The van der Waals surface area contributed by atoms with Gasteiger partial charge in [-0.3, -0.25) is 4.98 Å². The molecule has 2 aromatic rings. The summed E-state index contributed by atoms with van der Waals surface area (Å²) >= 11 is 0. The lowest BCUT2D eigenvalue weighted by Crippen LogP contribution is -2.37. The highest BCUT2D eigenvalue weighted by atomic mass is 16.5. The number of nitrogens with zero attached hydrogens (tertiary/aromatic N) is 5. The van der Waals surface area contributed by atoms with Crippen molar-refractivity contribution in [2.75, 3.05) is 42.6 Å². The maximum Gasteiger partial charge on any atom is 0.227 e. The molecule has 0 N–H and O–H groups in total. The molecule has 4 heterocycles. The lowest BCUT2D eigenvalue weighted by molar-refractivity contribution is 0.122. The molecule has 2 aliphatic heterocycles. The van der Waals surface area contributed by atoms with Crippen molar-refractivity contribution in [3.05, 3.63) is 41.9 Å². The van der Waals surface area contributed by atoms with Gasteiger partial charge in [-0.2, -0.15) is 4.98 Å². The minimum atomic E-state index is 0.750. The Morgan fingerprint density at radius 1 is 1.14 bits per heavy atom. The van der Waals surface area contributed by atoms with Gasteiger partial charge in [0.05, 0.1) is 13.2 Å². The first-order valence-electron chi connectivity index (χ1n) is 7.72. The highest BCUT2D eigenvalue weighted by Crippen LogP contribution is 2.28. The summed E-state index contributed by atoms with van der Waals surface area (Å²) in [5.41, 5.74) is 2.45. The summed E-state index contributed by atoms with van der Waals surface area (Å²) in [6.07, 6.45) is 6.72. The molecule has 0 radical (unpaired) electrons. The first-order valence-corrected chi connectivity index (χ1v) is 7.72. The predicted molar refractivity (Wildman–Crippen MR) is 84.1 cm³/mol. The Bertz CT molecular complexity index is 642. The quantitative estimate of drug-likeness (QED) is 0.850. The third kappa shape index (κ3) is 2.62. The number of fused-ring (bicyclic) bond motifs is 1. The van der Waals surface area contributed by atoms with Gasteiger partial charge in [0.2, 0.25) is 5.95 Å². The predicted octanol–water partition coefficient (Wildman–Crippen LogP) is 1.27. The molecule has 0 unspecified atom stereocenters. The summed E-state index contributed by atoms with van der Waals surface area (Å²) in [7, 11) is 0. The van der Waals surface area contributed by atoms with Gasteiger partial charge in [-0.15, -0.1) is 0 Å². The summed E-state index contributed by atoms with van der Waals surface area (Å²) < 4.78 is 5.40. The maximum atomic E-state index is 5.40. The van der Waals surface area contributed by atoms with Crippen molar-refractivity contribution in [3.63, 3.8) is 0 Å². The van der Waals surface area contributed by atoms with E-state index in [2.05, 4.69) is 25.8 Å². The van der Waals surface area contributed by atoms with Crippen molar-refractivity contribution >= 4 is 11.8 Å². The zero-order chi connectivity index (χ0) is 14.8. The first kappa shape index (κ1) is 13.5. The average Bonchev–Trinajstić information content (AvgIpc) is 2.99. The smallest absolute Gasteiger partial charge is 0.227 e. The van der Waals surface area contributed by atoms with Crippen LogP contribution in [0, 0.1) is 0 Å². The highest BCUT2D eigenvalue weighted by molar-refractivity contribution is 5.54. The Hall–Kier alpha value is -2.21. The molecule has 0 spiro atoms. The van der Waals surface area contributed by atoms with Gasteiger partial charge < -0.3 is 14.5 Å². The molecule has 0 atom stereocenters. The minimum Gasteiger partial charge on any atom is -0.378 e. The second kappa shape index (κ2) is 5.88. The molecule has 0 aliphatic carbocycles. The molecular formula is C16H19N5O. The number of ether oxygens (including phenoxy) is 1. The van der Waals surface area contributed by atoms with E-state index in [-0.39, 0.29) is 0 Å². The van der Waals surface area contributed by atoms with Crippen LogP contribution < -0.4 is 9.80 Å². The van der Waals surface area contributed by atoms with E-state index in [0.717, 1.165) is 57.6 Å². The third-order valence-corrected chi connectivity index (χ3v) is 4.17. The van der Waals surface area contributed by atoms with E-state index in [4.69, 9.17) is 9.72 Å². The van der Waals surface area contributed by atoms with Crippen LogP contribution in [-0.4, -0.2) is 47.8 Å². The van der Waals surface area contributed by atoms with Crippen molar-refractivity contribution in [1.82, 2.24) is 15.0 Å². The van der Waals surface area contributed by atoms with Gasteiger partial charge in [0.25, 0.3) is 0 Å². The lowest BCUT2D eigenvalue weighted by Gasteiger charge is -2.27. The number of anilines is 2. The monoisotopic (exact) mass is 297 g/mol. The number of pyridine rings is 1. The van der Waals surface area contributed by atoms with Crippen LogP contribution in [-0.2, 0) is 17.7 Å². The molecule has 6 nitrogen and oxygen atoms in total. The van der Waals surface area contributed by atoms with Gasteiger partial charge in [-0.25, -0.2) is 4.98 Å². The fourth-order valence-corrected chi connectivity index (χ4v) is 2.98. The van der Waals surface area contributed by atoms with E-state index >= 15 is 0 Å². The van der Waals surface area contributed by atoms with Crippen LogP contribution in [0.5, 0.6) is 0 Å². The average molecular weight is 297 g/mol. The molecule has 2 aliphatic rings. The highest BCUT2D eigenvalue weighted by Gasteiger charge is 2.23. The van der Waals surface area contributed by atoms with Crippen LogP contribution in [0.4, 0.5) is 11.8 Å². The van der Waals surface area contributed by atoms with E-state index in [9.17, 15) is 0 Å². The van der Waals surface area contributed by atoms with Crippen molar-refractivity contribution in [1.29, 1.82) is 0 Å². The standard InChI is InChI=1S/C16H19N5O/c1-2-13(10-17-4-1)12-21-5-3-14-11-18-16(19-15(14)21)20-6-8-22-9-7-20/h1-2,4,10-11H,3,5-9,12H2. The number of hydrogen-bond donors (Lipinski definition) is 0. The molecule has 4 rings (SSSR count). The van der Waals surface area contributed by atoms with Gasteiger partial charge in [0.15, 0.2) is 0 Å². The molecule has 0 amide bonds. The van der Waals surface area contributed by atoms with E-state index < -0.39 is 0 Å². The van der Waals surface area contributed by atoms with E-state index in [1.54, 1.807) is 6.20 Å². The second-order valence-electron chi connectivity index (χ2n) is 5.65. The third-order valence-electron chi connectivity index (χ3n) is 4.17. The van der Waals surface area contributed by atoms with Crippen LogP contribution >= 0.6 is 0 Å². The van der Waals surface area contributed by atoms with Gasteiger partial charge in [0.1, 0.15) is 5.82 Å². The van der Waals surface area contributed by atoms with Crippen molar-refractivity contribution < 1.29 is 4.74 Å². The number of aromatic nitrogens is 3. The van der Waals surface area contributed by atoms with Gasteiger partial charge in [0, 0.05) is 50.3 Å². The molecule has 0 aromatic carbocycles. The number of rotatable bonds is 3. The zero-order valence-corrected chi connectivity index (χ0v) is 12.5. The van der Waals surface area contributed by atoms with Crippen LogP contribution in [0.2, 0.25) is 0 Å². The largest absolute Gasteiger partial charge is 0.378 e. The Kier molecular flexibility index (Phi) is 3.60. The fourth-order valence-electron chi connectivity index (χ4n) is 2.98. The molecule has 114 valence electrons. The summed E-state index contributed by atoms with van der Waals surface area (Å²) in [6, 6.07) is 4.08. The summed E-state index contributed by atoms with van der Waals surface area (Å²) in [5.74, 6) is 1.89. The SMILES string of the molecule is c1cncc(CN2CCc3cnc(N4CCOCC4)nc32)c1. The molecular weight excluding hydrogens is 278 g/mol. The minimum absolute atomic E-state index is 0.750. The molecule has 6 heteroatoms. The van der Waals surface area contributed by atoms with Crippen molar-refractivity contribution in [3.8, 4) is 0 Å². The van der Waals surface area contributed by atoms with Gasteiger partial charge in [-0.1, -0.05) is 6.07 Å². The summed E-state index contributed by atoms with van der Waals surface area (Å²) in [4.78, 5) is 18.1. The topological polar surface area (TPSA) is 54.4 Å². The van der Waals surface area contributed by atoms with Crippen molar-refractivity contribution in [2.45, 2.75) is 13.0 Å². The molecule has 1 fully saturated rings. The lowest BCUT2D eigenvalue weighted by atomic mass is 10.3. The number of hydrogen-bond acceptors (Lipinski definition) is 6. The summed E-state index contributed by atoms with van der Waals surface area (Å²) in [5, 5.41) is 0. The van der Waals surface area contributed by atoms with Gasteiger partial charge in [-0.05, 0) is 18.1 Å². The summed E-state index contributed by atoms with van der Waals surface area (Å²) in [6.45, 7) is 5.06. The Balaban J connectivity index is 1.57. The molecule has 0 bridgehead atoms. The van der Waals surface area contributed by atoms with E-state index in [1.165, 1.54) is 11.1 Å². The molecule has 0 saturated carbocycles. The Labute approximate surface area is 129 Å². The molecule has 22 heavy (non-hydrogen) atoms. The molecule has 2 aromatic heterocycles. The van der Waals surface area contributed by atoms with Crippen LogP contribution in [0.15, 0.2) is 30.7 Å². The Morgan fingerprint density at radius 2 is 2.05 bits per heavy atom. The molecule has 1 saturated heterocycles.